The Hall–Kier alpha value is -1.71. The average Bonchev–Trinajstić information content (AvgIpc) is 2.55. The number of carbonyl (C=O) groups excluding carboxylic acids is 1. The van der Waals surface area contributed by atoms with Crippen LogP contribution >= 0.6 is 0 Å². The van der Waals surface area contributed by atoms with Gasteiger partial charge in [0.05, 0.1) is 12.3 Å². The van der Waals surface area contributed by atoms with E-state index >= 15 is 0 Å². The smallest absolute Gasteiger partial charge is 0.223 e. The summed E-state index contributed by atoms with van der Waals surface area (Å²) in [6.45, 7) is 5.89. The van der Waals surface area contributed by atoms with E-state index in [-0.39, 0.29) is 5.91 Å². The highest BCUT2D eigenvalue weighted by Crippen LogP contribution is 2.24. The van der Waals surface area contributed by atoms with Gasteiger partial charge in [-0.15, -0.1) is 0 Å². The molecule has 2 N–H and O–H groups in total. The Morgan fingerprint density at radius 3 is 2.91 bits per heavy atom. The van der Waals surface area contributed by atoms with E-state index in [9.17, 15) is 4.79 Å². The molecule has 1 saturated heterocycles. The van der Waals surface area contributed by atoms with Crippen molar-refractivity contribution < 1.29 is 9.53 Å². The molecule has 0 saturated carbocycles. The highest BCUT2D eigenvalue weighted by molar-refractivity contribution is 5.77. The Labute approximate surface area is 140 Å². The van der Waals surface area contributed by atoms with Crippen molar-refractivity contribution in [3.63, 3.8) is 0 Å². The zero-order valence-corrected chi connectivity index (χ0v) is 14.5. The number of benzene rings is 1. The number of likely N-dealkylation sites (tertiary alicyclic amines) is 1. The summed E-state index contributed by atoms with van der Waals surface area (Å²) in [6, 6.07) is 6.27. The molecule has 0 bridgehead atoms. The van der Waals surface area contributed by atoms with Crippen LogP contribution < -0.4 is 10.5 Å². The van der Waals surface area contributed by atoms with Crippen molar-refractivity contribution in [3.8, 4) is 5.75 Å². The number of aryl methyl sites for hydroxylation is 1. The summed E-state index contributed by atoms with van der Waals surface area (Å²) in [6.07, 6.45) is 6.93. The third kappa shape index (κ3) is 5.15. The lowest BCUT2D eigenvalue weighted by Gasteiger charge is -2.33. The summed E-state index contributed by atoms with van der Waals surface area (Å²) in [7, 11) is 0. The van der Waals surface area contributed by atoms with Gasteiger partial charge in [0.25, 0.3) is 0 Å². The van der Waals surface area contributed by atoms with Crippen LogP contribution in [0.25, 0.3) is 0 Å². The molecular weight excluding hydrogens is 288 g/mol. The predicted molar refractivity (Wildman–Crippen MR) is 94.6 cm³/mol. The molecule has 0 spiro atoms. The molecule has 1 aliphatic heterocycles. The van der Waals surface area contributed by atoms with Gasteiger partial charge in [-0.3, -0.25) is 4.79 Å². The van der Waals surface area contributed by atoms with Gasteiger partial charge in [0, 0.05) is 19.0 Å². The minimum absolute atomic E-state index is 0.263. The molecule has 0 aromatic heterocycles. The second kappa shape index (κ2) is 8.80. The highest BCUT2D eigenvalue weighted by Gasteiger charge is 2.22. The first-order chi connectivity index (χ1) is 11.1. The third-order valence-corrected chi connectivity index (χ3v) is 4.58. The van der Waals surface area contributed by atoms with Crippen LogP contribution in [0.4, 0.5) is 5.69 Å². The van der Waals surface area contributed by atoms with Crippen LogP contribution in [0.3, 0.4) is 0 Å². The first kappa shape index (κ1) is 17.6. The maximum Gasteiger partial charge on any atom is 0.223 e. The van der Waals surface area contributed by atoms with Crippen LogP contribution in [-0.4, -0.2) is 30.0 Å². The molecule has 1 atom stereocenters. The van der Waals surface area contributed by atoms with Gasteiger partial charge in [0.15, 0.2) is 0 Å². The lowest BCUT2D eigenvalue weighted by Crippen LogP contribution is -2.42. The molecule has 1 fully saturated rings. The normalized spacial score (nSPS) is 18.0. The molecule has 1 unspecified atom stereocenters. The van der Waals surface area contributed by atoms with E-state index in [1.54, 1.807) is 0 Å². The summed E-state index contributed by atoms with van der Waals surface area (Å²) >= 11 is 0. The largest absolute Gasteiger partial charge is 0.491 e. The summed E-state index contributed by atoms with van der Waals surface area (Å²) < 4.78 is 5.67. The van der Waals surface area contributed by atoms with Crippen molar-refractivity contribution >= 4 is 11.6 Å². The number of hydrogen-bond donors (Lipinski definition) is 1. The summed E-state index contributed by atoms with van der Waals surface area (Å²) in [5.41, 5.74) is 7.82. The van der Waals surface area contributed by atoms with Crippen molar-refractivity contribution in [2.45, 2.75) is 64.8 Å². The maximum atomic E-state index is 12.4. The Morgan fingerprint density at radius 2 is 2.22 bits per heavy atom. The van der Waals surface area contributed by atoms with Crippen molar-refractivity contribution in [2.75, 3.05) is 18.9 Å². The SMILES string of the molecule is CCCCOc1ccc(CCC(=O)N2CCCCC2C)cc1N. The molecule has 2 rings (SSSR count). The second-order valence-corrected chi connectivity index (χ2v) is 6.51. The first-order valence-corrected chi connectivity index (χ1v) is 8.92. The maximum absolute atomic E-state index is 12.4. The fourth-order valence-corrected chi connectivity index (χ4v) is 3.07. The van der Waals surface area contributed by atoms with Crippen molar-refractivity contribution in [3.05, 3.63) is 23.8 Å². The van der Waals surface area contributed by atoms with Crippen LogP contribution in [0.15, 0.2) is 18.2 Å². The van der Waals surface area contributed by atoms with Gasteiger partial charge in [0.1, 0.15) is 5.75 Å². The van der Waals surface area contributed by atoms with Gasteiger partial charge in [-0.1, -0.05) is 19.4 Å². The monoisotopic (exact) mass is 318 g/mol. The van der Waals surface area contributed by atoms with E-state index in [4.69, 9.17) is 10.5 Å². The van der Waals surface area contributed by atoms with Gasteiger partial charge in [-0.2, -0.15) is 0 Å². The number of piperidine rings is 1. The number of nitrogen functional groups attached to an aromatic ring is 1. The van der Waals surface area contributed by atoms with E-state index in [2.05, 4.69) is 13.8 Å². The predicted octanol–water partition coefficient (Wildman–Crippen LogP) is 3.78. The van der Waals surface area contributed by atoms with Crippen LogP contribution in [0.1, 0.15) is 57.9 Å². The zero-order chi connectivity index (χ0) is 16.7. The van der Waals surface area contributed by atoms with Gasteiger partial charge < -0.3 is 15.4 Å². The lowest BCUT2D eigenvalue weighted by molar-refractivity contribution is -0.134. The van der Waals surface area contributed by atoms with Gasteiger partial charge in [-0.05, 0) is 56.7 Å². The molecule has 128 valence electrons. The standard InChI is InChI=1S/C19H30N2O2/c1-3-4-13-23-18-10-8-16(14-17(18)20)9-11-19(22)21-12-6-5-7-15(21)2/h8,10,14-15H,3-7,9,11-13,20H2,1-2H3. The Balaban J connectivity index is 1.85. The van der Waals surface area contributed by atoms with Crippen LogP contribution in [-0.2, 0) is 11.2 Å². The summed E-state index contributed by atoms with van der Waals surface area (Å²) in [4.78, 5) is 14.4. The summed E-state index contributed by atoms with van der Waals surface area (Å²) in [5, 5.41) is 0. The van der Waals surface area contributed by atoms with Crippen molar-refractivity contribution in [1.82, 2.24) is 4.90 Å². The number of nitrogens with two attached hydrogens (primary N) is 1. The number of ether oxygens (including phenoxy) is 1. The fraction of sp³-hybridized carbons (Fsp3) is 0.632. The van der Waals surface area contributed by atoms with E-state index in [1.165, 1.54) is 6.42 Å². The van der Waals surface area contributed by atoms with Crippen LogP contribution in [0.5, 0.6) is 5.75 Å². The first-order valence-electron chi connectivity index (χ1n) is 8.92. The van der Waals surface area contributed by atoms with E-state index in [0.717, 1.165) is 50.0 Å². The van der Waals surface area contributed by atoms with Crippen molar-refractivity contribution in [1.29, 1.82) is 0 Å². The second-order valence-electron chi connectivity index (χ2n) is 6.51. The highest BCUT2D eigenvalue weighted by atomic mass is 16.5. The van der Waals surface area contributed by atoms with Crippen LogP contribution in [0, 0.1) is 0 Å². The molecule has 0 aliphatic carbocycles. The number of rotatable bonds is 7. The zero-order valence-electron chi connectivity index (χ0n) is 14.5. The average molecular weight is 318 g/mol. The number of anilines is 1. The van der Waals surface area contributed by atoms with E-state index in [0.29, 0.717) is 24.8 Å². The molecule has 4 nitrogen and oxygen atoms in total. The van der Waals surface area contributed by atoms with E-state index < -0.39 is 0 Å². The Morgan fingerprint density at radius 1 is 1.39 bits per heavy atom. The number of amides is 1. The van der Waals surface area contributed by atoms with E-state index in [1.807, 2.05) is 23.1 Å². The molecule has 1 aromatic rings. The number of hydrogen-bond acceptors (Lipinski definition) is 3. The number of unbranched alkanes of at least 4 members (excludes halogenated alkanes) is 1. The summed E-state index contributed by atoms with van der Waals surface area (Å²) in [5.74, 6) is 1.01. The minimum Gasteiger partial charge on any atom is -0.491 e. The van der Waals surface area contributed by atoms with Crippen LogP contribution in [0.2, 0.25) is 0 Å². The van der Waals surface area contributed by atoms with Gasteiger partial charge >= 0.3 is 0 Å². The number of nitrogens with zero attached hydrogens (tertiary/aromatic N) is 1. The topological polar surface area (TPSA) is 55.6 Å². The molecule has 0 radical (unpaired) electrons. The number of carbonyl (C=O) groups is 1. The molecule has 23 heavy (non-hydrogen) atoms. The Kier molecular flexibility index (Phi) is 6.75. The van der Waals surface area contributed by atoms with Gasteiger partial charge in [0.2, 0.25) is 5.91 Å². The van der Waals surface area contributed by atoms with Gasteiger partial charge in [-0.25, -0.2) is 0 Å². The van der Waals surface area contributed by atoms with Crippen molar-refractivity contribution in [2.24, 2.45) is 0 Å². The lowest BCUT2D eigenvalue weighted by atomic mass is 10.0. The quantitative estimate of drug-likeness (QED) is 0.615. The molecular formula is C19H30N2O2. The molecule has 1 aliphatic rings. The Bertz CT molecular complexity index is 516. The molecule has 1 heterocycles. The minimum atomic E-state index is 0.263. The molecule has 1 aromatic carbocycles. The fourth-order valence-electron chi connectivity index (χ4n) is 3.07. The molecule has 1 amide bonds. The third-order valence-electron chi connectivity index (χ3n) is 4.58. The molecule has 4 heteroatoms.